The van der Waals surface area contributed by atoms with Crippen LogP contribution in [0.4, 0.5) is 0 Å². The van der Waals surface area contributed by atoms with Crippen molar-refractivity contribution >= 4 is 13.3 Å². The minimum absolute atomic E-state index is 0.208. The van der Waals surface area contributed by atoms with Gasteiger partial charge < -0.3 is 4.74 Å². The van der Waals surface area contributed by atoms with Gasteiger partial charge >= 0.3 is 0 Å². The van der Waals surface area contributed by atoms with Crippen molar-refractivity contribution in [3.05, 3.63) is 102 Å². The quantitative estimate of drug-likeness (QED) is 0.619. The third kappa shape index (κ3) is 4.73. The third-order valence-electron chi connectivity index (χ3n) is 5.80. The molecule has 0 amide bonds. The zero-order valence-corrected chi connectivity index (χ0v) is 16.6. The first-order valence-electron chi connectivity index (χ1n) is 10.3. The van der Waals surface area contributed by atoms with Gasteiger partial charge in [0.25, 0.3) is 0 Å². The molecule has 0 N–H and O–H groups in total. The summed E-state index contributed by atoms with van der Waals surface area (Å²) >= 11 is 0. The Morgan fingerprint density at radius 1 is 0.893 bits per heavy atom. The monoisotopic (exact) mass is 369 g/mol. The molecule has 0 aliphatic carbocycles. The first kappa shape index (κ1) is 19.0. The molecule has 4 rings (SSSR count). The topological polar surface area (TPSA) is 12.5 Å². The minimum atomic E-state index is 0.208. The number of benzene rings is 3. The van der Waals surface area contributed by atoms with Gasteiger partial charge in [0, 0.05) is 25.6 Å². The van der Waals surface area contributed by atoms with E-state index >= 15 is 0 Å². The Bertz CT molecular complexity index is 868. The molecule has 1 heterocycles. The smallest absolute Gasteiger partial charge is 0.139 e. The molecule has 2 atom stereocenters. The van der Waals surface area contributed by atoms with E-state index in [9.17, 15) is 0 Å². The molecule has 3 aromatic carbocycles. The van der Waals surface area contributed by atoms with Crippen LogP contribution in [0.5, 0.6) is 0 Å². The van der Waals surface area contributed by atoms with Crippen LogP contribution in [0.2, 0.25) is 0 Å². The molecule has 0 radical (unpaired) electrons. The normalized spacial score (nSPS) is 18.6. The van der Waals surface area contributed by atoms with Gasteiger partial charge in [-0.15, -0.1) is 0 Å². The maximum atomic E-state index is 6.33. The fourth-order valence-corrected chi connectivity index (χ4v) is 4.20. The van der Waals surface area contributed by atoms with E-state index in [2.05, 4.69) is 97.7 Å². The van der Waals surface area contributed by atoms with Crippen molar-refractivity contribution in [3.8, 4) is 0 Å². The number of nitrogens with zero attached hydrogens (tertiary/aromatic N) is 1. The van der Waals surface area contributed by atoms with Crippen LogP contribution in [0.25, 0.3) is 0 Å². The average molecular weight is 369 g/mol. The van der Waals surface area contributed by atoms with Crippen molar-refractivity contribution in [3.63, 3.8) is 0 Å². The van der Waals surface area contributed by atoms with Gasteiger partial charge in [-0.2, -0.15) is 0 Å². The fourth-order valence-electron chi connectivity index (χ4n) is 4.20. The third-order valence-corrected chi connectivity index (χ3v) is 5.80. The number of morpholine rings is 1. The Hall–Kier alpha value is -2.36. The molecule has 0 aromatic heterocycles. The second-order valence-corrected chi connectivity index (χ2v) is 7.78. The molecule has 1 fully saturated rings. The summed E-state index contributed by atoms with van der Waals surface area (Å²) in [6, 6.07) is 30.4. The highest BCUT2D eigenvalue weighted by Crippen LogP contribution is 2.28. The van der Waals surface area contributed by atoms with Crippen LogP contribution >= 0.6 is 0 Å². The van der Waals surface area contributed by atoms with Gasteiger partial charge in [-0.1, -0.05) is 96.0 Å². The molecule has 3 heteroatoms. The molecule has 1 aliphatic rings. The molecule has 142 valence electrons. The highest BCUT2D eigenvalue weighted by atomic mass is 16.5. The second-order valence-electron chi connectivity index (χ2n) is 7.78. The largest absolute Gasteiger partial charge is 0.375 e. The van der Waals surface area contributed by atoms with Crippen LogP contribution in [-0.2, 0) is 17.7 Å². The predicted octanol–water partition coefficient (Wildman–Crippen LogP) is 3.17. The Morgan fingerprint density at radius 3 is 2.32 bits per heavy atom. The number of hydrogen-bond donors (Lipinski definition) is 0. The van der Waals surface area contributed by atoms with Crippen LogP contribution in [0.3, 0.4) is 0 Å². The Kier molecular flexibility index (Phi) is 6.25. The number of rotatable bonds is 6. The summed E-state index contributed by atoms with van der Waals surface area (Å²) in [6.45, 7) is 3.76. The van der Waals surface area contributed by atoms with Crippen LogP contribution < -0.4 is 5.46 Å². The molecule has 3 aromatic rings. The van der Waals surface area contributed by atoms with Gasteiger partial charge in [0.05, 0.1) is 12.7 Å². The molecule has 0 bridgehead atoms. The first-order valence-corrected chi connectivity index (χ1v) is 10.3. The molecular weight excluding hydrogens is 341 g/mol. The minimum Gasteiger partial charge on any atom is -0.375 e. The summed E-state index contributed by atoms with van der Waals surface area (Å²) in [5, 5.41) is 0. The molecule has 2 nitrogen and oxygen atoms in total. The second kappa shape index (κ2) is 9.23. The molecule has 28 heavy (non-hydrogen) atoms. The fraction of sp³-hybridized carbons (Fsp3) is 0.280. The van der Waals surface area contributed by atoms with Crippen LogP contribution in [0, 0.1) is 0 Å². The molecule has 1 aliphatic heterocycles. The maximum absolute atomic E-state index is 6.33. The Morgan fingerprint density at radius 2 is 1.57 bits per heavy atom. The molecule has 0 saturated carbocycles. The van der Waals surface area contributed by atoms with Gasteiger partial charge in [0.1, 0.15) is 7.85 Å². The van der Waals surface area contributed by atoms with E-state index in [1.807, 2.05) is 0 Å². The summed E-state index contributed by atoms with van der Waals surface area (Å²) in [5.74, 6) is 0.362. The molecule has 1 saturated heterocycles. The van der Waals surface area contributed by atoms with Crippen LogP contribution in [0.1, 0.15) is 22.6 Å². The summed E-state index contributed by atoms with van der Waals surface area (Å²) in [5.41, 5.74) is 5.52. The maximum Gasteiger partial charge on any atom is 0.139 e. The number of hydrogen-bond acceptors (Lipinski definition) is 2. The standard InChI is InChI=1S/C25H28BNO/c26-24-14-8-7-13-22(24)17-23(21-11-5-2-6-12-21)25-19-27(15-16-28-25)18-20-9-3-1-4-10-20/h1-14,23,25H,15-19,26H2/t23?,25-/m0/s1. The van der Waals surface area contributed by atoms with E-state index in [4.69, 9.17) is 4.74 Å². The van der Waals surface area contributed by atoms with Crippen molar-refractivity contribution in [1.29, 1.82) is 0 Å². The summed E-state index contributed by atoms with van der Waals surface area (Å²) < 4.78 is 6.33. The highest BCUT2D eigenvalue weighted by molar-refractivity contribution is 6.33. The Balaban J connectivity index is 1.54. The van der Waals surface area contributed by atoms with Crippen molar-refractivity contribution in [2.75, 3.05) is 19.7 Å². The van der Waals surface area contributed by atoms with E-state index in [0.29, 0.717) is 5.92 Å². The highest BCUT2D eigenvalue weighted by Gasteiger charge is 2.29. The van der Waals surface area contributed by atoms with Gasteiger partial charge in [-0.3, -0.25) is 4.90 Å². The van der Waals surface area contributed by atoms with Crippen LogP contribution in [-0.4, -0.2) is 38.5 Å². The summed E-state index contributed by atoms with van der Waals surface area (Å²) in [6.07, 6.45) is 1.22. The van der Waals surface area contributed by atoms with E-state index in [1.54, 1.807) is 0 Å². The van der Waals surface area contributed by atoms with Gasteiger partial charge in [-0.25, -0.2) is 0 Å². The number of ether oxygens (including phenoxy) is 1. The molecule has 1 unspecified atom stereocenters. The molecular formula is C25H28BNO. The average Bonchev–Trinajstić information content (AvgIpc) is 2.75. The van der Waals surface area contributed by atoms with Gasteiger partial charge in [-0.05, 0) is 17.5 Å². The Labute approximate surface area is 169 Å². The summed E-state index contributed by atoms with van der Waals surface area (Å²) in [7, 11) is 2.21. The zero-order chi connectivity index (χ0) is 19.2. The SMILES string of the molecule is Bc1ccccc1CC(c1ccccc1)[C@@H]1CN(Cc2ccccc2)CCO1. The molecule has 0 spiro atoms. The predicted molar refractivity (Wildman–Crippen MR) is 119 cm³/mol. The zero-order valence-electron chi connectivity index (χ0n) is 16.6. The van der Waals surface area contributed by atoms with Crippen molar-refractivity contribution in [1.82, 2.24) is 4.90 Å². The van der Waals surface area contributed by atoms with E-state index in [-0.39, 0.29) is 6.10 Å². The van der Waals surface area contributed by atoms with E-state index < -0.39 is 0 Å². The van der Waals surface area contributed by atoms with E-state index in [0.717, 1.165) is 32.7 Å². The summed E-state index contributed by atoms with van der Waals surface area (Å²) in [4.78, 5) is 2.54. The first-order chi connectivity index (χ1) is 13.8. The van der Waals surface area contributed by atoms with Gasteiger partial charge in [0.2, 0.25) is 0 Å². The lowest BCUT2D eigenvalue weighted by atomic mass is 9.81. The van der Waals surface area contributed by atoms with Crippen molar-refractivity contribution in [2.24, 2.45) is 0 Å². The van der Waals surface area contributed by atoms with E-state index in [1.165, 1.54) is 22.2 Å². The van der Waals surface area contributed by atoms with Gasteiger partial charge in [0.15, 0.2) is 0 Å². The van der Waals surface area contributed by atoms with Crippen molar-refractivity contribution in [2.45, 2.75) is 25.0 Å². The van der Waals surface area contributed by atoms with Crippen molar-refractivity contribution < 1.29 is 4.74 Å². The lowest BCUT2D eigenvalue weighted by molar-refractivity contribution is -0.0444. The lowest BCUT2D eigenvalue weighted by Crippen LogP contribution is -2.45. The van der Waals surface area contributed by atoms with Crippen LogP contribution in [0.15, 0.2) is 84.9 Å². The lowest BCUT2D eigenvalue weighted by Gasteiger charge is -2.37.